The number of rotatable bonds is 8. The highest BCUT2D eigenvalue weighted by atomic mass is 32.2. The molecule has 112 valence electrons. The third-order valence-electron chi connectivity index (χ3n) is 3.39. The summed E-state index contributed by atoms with van der Waals surface area (Å²) in [6.07, 6.45) is 2.65. The highest BCUT2D eigenvalue weighted by Crippen LogP contribution is 2.32. The molecule has 1 fully saturated rings. The summed E-state index contributed by atoms with van der Waals surface area (Å²) in [5.41, 5.74) is 0.819. The summed E-state index contributed by atoms with van der Waals surface area (Å²) in [5.74, 6) is 0.431. The van der Waals surface area contributed by atoms with Gasteiger partial charge in [0.25, 0.3) is 0 Å². The molecule has 0 radical (unpaired) electrons. The smallest absolute Gasteiger partial charge is 0.240 e. The van der Waals surface area contributed by atoms with Crippen LogP contribution in [0.25, 0.3) is 0 Å². The summed E-state index contributed by atoms with van der Waals surface area (Å²) in [6, 6.07) is 6.59. The van der Waals surface area contributed by atoms with E-state index in [-0.39, 0.29) is 11.0 Å². The molecule has 0 amide bonds. The van der Waals surface area contributed by atoms with Gasteiger partial charge in [-0.3, -0.25) is 0 Å². The van der Waals surface area contributed by atoms with Crippen LogP contribution in [0, 0.1) is 5.92 Å². The zero-order valence-electron chi connectivity index (χ0n) is 11.7. The lowest BCUT2D eigenvalue weighted by Gasteiger charge is -2.12. The van der Waals surface area contributed by atoms with Crippen LogP contribution in [0.3, 0.4) is 0 Å². The standard InChI is InChI=1S/C14H22N2O3S/c1-2-9-16-20(18,19)13-7-5-12(6-8-13)15-10-14(17)11-3-4-11/h5-8,11,14-17H,2-4,9-10H2,1H3. The number of hydrogen-bond acceptors (Lipinski definition) is 4. The first kappa shape index (κ1) is 15.3. The van der Waals surface area contributed by atoms with Crippen molar-refractivity contribution in [3.63, 3.8) is 0 Å². The Morgan fingerprint density at radius 1 is 1.30 bits per heavy atom. The quantitative estimate of drug-likeness (QED) is 0.680. The molecule has 0 aromatic heterocycles. The minimum absolute atomic E-state index is 0.263. The molecule has 0 heterocycles. The fourth-order valence-electron chi connectivity index (χ4n) is 1.94. The minimum Gasteiger partial charge on any atom is -0.391 e. The predicted molar refractivity (Wildman–Crippen MR) is 79.1 cm³/mol. The Kier molecular flexibility index (Phi) is 5.01. The van der Waals surface area contributed by atoms with E-state index in [0.29, 0.717) is 19.0 Å². The Labute approximate surface area is 120 Å². The zero-order chi connectivity index (χ0) is 14.6. The highest BCUT2D eigenvalue weighted by Gasteiger charge is 2.29. The molecule has 1 aliphatic carbocycles. The topological polar surface area (TPSA) is 78.4 Å². The maximum atomic E-state index is 11.9. The van der Waals surface area contributed by atoms with Crippen molar-refractivity contribution in [2.45, 2.75) is 37.2 Å². The maximum Gasteiger partial charge on any atom is 0.240 e. The third-order valence-corrected chi connectivity index (χ3v) is 4.87. The Bertz CT molecular complexity index is 524. The number of benzene rings is 1. The summed E-state index contributed by atoms with van der Waals surface area (Å²) in [4.78, 5) is 0.263. The monoisotopic (exact) mass is 298 g/mol. The van der Waals surface area contributed by atoms with Gasteiger partial charge < -0.3 is 10.4 Å². The fraction of sp³-hybridized carbons (Fsp3) is 0.571. The largest absolute Gasteiger partial charge is 0.391 e. The zero-order valence-corrected chi connectivity index (χ0v) is 12.5. The number of sulfonamides is 1. The van der Waals surface area contributed by atoms with E-state index in [4.69, 9.17) is 0 Å². The number of aliphatic hydroxyl groups is 1. The average Bonchev–Trinajstić information content (AvgIpc) is 3.27. The van der Waals surface area contributed by atoms with Crippen molar-refractivity contribution >= 4 is 15.7 Å². The molecular weight excluding hydrogens is 276 g/mol. The molecule has 0 saturated heterocycles. The van der Waals surface area contributed by atoms with Crippen molar-refractivity contribution in [3.05, 3.63) is 24.3 Å². The molecule has 1 unspecified atom stereocenters. The predicted octanol–water partition coefficient (Wildman–Crippen LogP) is 1.56. The van der Waals surface area contributed by atoms with Gasteiger partial charge in [-0.15, -0.1) is 0 Å². The molecule has 0 aliphatic heterocycles. The van der Waals surface area contributed by atoms with Gasteiger partial charge in [0, 0.05) is 18.8 Å². The van der Waals surface area contributed by atoms with Crippen LogP contribution in [0.2, 0.25) is 0 Å². The summed E-state index contributed by atoms with van der Waals surface area (Å²) in [5, 5.41) is 12.9. The normalized spacial score (nSPS) is 16.9. The van der Waals surface area contributed by atoms with Crippen molar-refractivity contribution in [2.24, 2.45) is 5.92 Å². The van der Waals surface area contributed by atoms with E-state index in [2.05, 4.69) is 10.0 Å². The first-order valence-electron chi connectivity index (χ1n) is 7.04. The van der Waals surface area contributed by atoms with E-state index in [1.54, 1.807) is 24.3 Å². The molecule has 2 rings (SSSR count). The van der Waals surface area contributed by atoms with E-state index in [0.717, 1.165) is 24.9 Å². The van der Waals surface area contributed by atoms with Gasteiger partial charge >= 0.3 is 0 Å². The van der Waals surface area contributed by atoms with Crippen LogP contribution in [0.4, 0.5) is 5.69 Å². The summed E-state index contributed by atoms with van der Waals surface area (Å²) >= 11 is 0. The van der Waals surface area contributed by atoms with Crippen molar-refractivity contribution in [3.8, 4) is 0 Å². The van der Waals surface area contributed by atoms with Gasteiger partial charge in [-0.25, -0.2) is 13.1 Å². The first-order chi connectivity index (χ1) is 9.53. The molecule has 0 bridgehead atoms. The molecule has 0 spiro atoms. The highest BCUT2D eigenvalue weighted by molar-refractivity contribution is 7.89. The first-order valence-corrected chi connectivity index (χ1v) is 8.53. The van der Waals surface area contributed by atoms with Gasteiger partial charge in [-0.05, 0) is 49.4 Å². The number of nitrogens with one attached hydrogen (secondary N) is 2. The average molecular weight is 298 g/mol. The van der Waals surface area contributed by atoms with E-state index in [9.17, 15) is 13.5 Å². The van der Waals surface area contributed by atoms with Gasteiger partial charge in [0.2, 0.25) is 10.0 Å². The maximum absolute atomic E-state index is 11.9. The number of hydrogen-bond donors (Lipinski definition) is 3. The van der Waals surface area contributed by atoms with Gasteiger partial charge in [0.15, 0.2) is 0 Å². The van der Waals surface area contributed by atoms with Crippen molar-refractivity contribution in [2.75, 3.05) is 18.4 Å². The Hall–Kier alpha value is -1.11. The molecule has 5 nitrogen and oxygen atoms in total. The number of anilines is 1. The molecule has 6 heteroatoms. The lowest BCUT2D eigenvalue weighted by atomic mass is 10.2. The summed E-state index contributed by atoms with van der Waals surface area (Å²) < 4.78 is 26.3. The van der Waals surface area contributed by atoms with E-state index >= 15 is 0 Å². The van der Waals surface area contributed by atoms with Crippen LogP contribution in [0.5, 0.6) is 0 Å². The molecular formula is C14H22N2O3S. The Morgan fingerprint density at radius 2 is 1.95 bits per heavy atom. The van der Waals surface area contributed by atoms with Gasteiger partial charge in [-0.2, -0.15) is 0 Å². The van der Waals surface area contributed by atoms with Crippen molar-refractivity contribution < 1.29 is 13.5 Å². The van der Waals surface area contributed by atoms with Crippen LogP contribution in [-0.2, 0) is 10.0 Å². The Balaban J connectivity index is 1.91. The minimum atomic E-state index is -3.40. The lowest BCUT2D eigenvalue weighted by molar-refractivity contribution is 0.164. The van der Waals surface area contributed by atoms with Crippen LogP contribution >= 0.6 is 0 Å². The van der Waals surface area contributed by atoms with Crippen LogP contribution in [-0.4, -0.2) is 32.7 Å². The van der Waals surface area contributed by atoms with E-state index < -0.39 is 10.0 Å². The summed E-state index contributed by atoms with van der Waals surface area (Å²) in [7, 11) is -3.40. The molecule has 20 heavy (non-hydrogen) atoms. The Morgan fingerprint density at radius 3 is 2.50 bits per heavy atom. The molecule has 1 aromatic rings. The fourth-order valence-corrected chi connectivity index (χ4v) is 3.08. The van der Waals surface area contributed by atoms with Crippen molar-refractivity contribution in [1.29, 1.82) is 0 Å². The second-order valence-electron chi connectivity index (χ2n) is 5.21. The van der Waals surface area contributed by atoms with Crippen molar-refractivity contribution in [1.82, 2.24) is 4.72 Å². The molecule has 3 N–H and O–H groups in total. The molecule has 1 aromatic carbocycles. The second kappa shape index (κ2) is 6.56. The van der Waals surface area contributed by atoms with Gasteiger partial charge in [-0.1, -0.05) is 6.92 Å². The van der Waals surface area contributed by atoms with Crippen LogP contribution < -0.4 is 10.0 Å². The molecule has 1 aliphatic rings. The third kappa shape index (κ3) is 4.19. The second-order valence-corrected chi connectivity index (χ2v) is 6.97. The number of aliphatic hydroxyl groups excluding tert-OH is 1. The lowest BCUT2D eigenvalue weighted by Crippen LogP contribution is -2.24. The van der Waals surface area contributed by atoms with E-state index in [1.807, 2.05) is 6.92 Å². The van der Waals surface area contributed by atoms with Gasteiger partial charge in [0.1, 0.15) is 0 Å². The summed E-state index contributed by atoms with van der Waals surface area (Å²) in [6.45, 7) is 2.86. The molecule has 1 atom stereocenters. The SMILES string of the molecule is CCCNS(=O)(=O)c1ccc(NCC(O)C2CC2)cc1. The van der Waals surface area contributed by atoms with Gasteiger partial charge in [0.05, 0.1) is 11.0 Å². The molecule has 1 saturated carbocycles. The van der Waals surface area contributed by atoms with E-state index in [1.165, 1.54) is 0 Å². The van der Waals surface area contributed by atoms with Crippen LogP contribution in [0.1, 0.15) is 26.2 Å². The van der Waals surface area contributed by atoms with Crippen LogP contribution in [0.15, 0.2) is 29.2 Å².